The number of nitrogens with one attached hydrogen (secondary N) is 1. The van der Waals surface area contributed by atoms with E-state index in [1.807, 2.05) is 0 Å². The molecule has 0 aliphatic carbocycles. The summed E-state index contributed by atoms with van der Waals surface area (Å²) in [6, 6.07) is 1.33. The van der Waals surface area contributed by atoms with Gasteiger partial charge in [0, 0.05) is 11.4 Å². The minimum absolute atomic E-state index is 0.0116. The van der Waals surface area contributed by atoms with Crippen molar-refractivity contribution >= 4 is 44.7 Å². The Labute approximate surface area is 124 Å². The average Bonchev–Trinajstić information content (AvgIpc) is 2.86. The number of nitro groups is 1. The van der Waals surface area contributed by atoms with E-state index in [0.717, 1.165) is 6.20 Å². The van der Waals surface area contributed by atoms with Gasteiger partial charge in [0.15, 0.2) is 5.69 Å². The van der Waals surface area contributed by atoms with Crippen LogP contribution in [-0.2, 0) is 6.54 Å². The van der Waals surface area contributed by atoms with Gasteiger partial charge in [-0.2, -0.15) is 0 Å². The van der Waals surface area contributed by atoms with Crippen LogP contribution in [0.15, 0.2) is 22.1 Å². The smallest absolute Gasteiger partial charge is 0.355 e. The highest BCUT2D eigenvalue weighted by atomic mass is 79.9. The lowest BCUT2D eigenvalue weighted by Gasteiger charge is -2.05. The molecule has 0 saturated heterocycles. The van der Waals surface area contributed by atoms with Crippen LogP contribution in [0.5, 0.6) is 0 Å². The summed E-state index contributed by atoms with van der Waals surface area (Å²) in [5.74, 6) is -0.662. The molecule has 2 heterocycles. The molecule has 10 heteroatoms. The van der Waals surface area contributed by atoms with Gasteiger partial charge < -0.3 is 10.4 Å². The molecular weight excluding hydrogens is 352 g/mol. The molecule has 0 amide bonds. The molecule has 0 radical (unpaired) electrons. The van der Waals surface area contributed by atoms with Gasteiger partial charge in [0.25, 0.3) is 5.69 Å². The van der Waals surface area contributed by atoms with Crippen LogP contribution >= 0.6 is 27.3 Å². The first-order chi connectivity index (χ1) is 9.47. The molecule has 8 nitrogen and oxygen atoms in total. The van der Waals surface area contributed by atoms with Crippen molar-refractivity contribution in [3.05, 3.63) is 42.9 Å². The van der Waals surface area contributed by atoms with Gasteiger partial charge in [0.1, 0.15) is 17.0 Å². The molecule has 20 heavy (non-hydrogen) atoms. The summed E-state index contributed by atoms with van der Waals surface area (Å²) in [4.78, 5) is 28.5. The predicted molar refractivity (Wildman–Crippen MR) is 75.0 cm³/mol. The molecular formula is C10H7BrN4O4S. The number of aromatic nitrogens is 2. The van der Waals surface area contributed by atoms with Crippen LogP contribution in [-0.4, -0.2) is 26.0 Å². The topological polar surface area (TPSA) is 118 Å². The van der Waals surface area contributed by atoms with E-state index >= 15 is 0 Å². The van der Waals surface area contributed by atoms with Crippen molar-refractivity contribution < 1.29 is 14.8 Å². The maximum atomic E-state index is 10.7. The number of carboxylic acids is 1. The Kier molecular flexibility index (Phi) is 4.25. The van der Waals surface area contributed by atoms with E-state index in [-0.39, 0.29) is 17.9 Å². The number of anilines is 1. The average molecular weight is 359 g/mol. The van der Waals surface area contributed by atoms with Crippen LogP contribution in [0.25, 0.3) is 0 Å². The van der Waals surface area contributed by atoms with E-state index in [4.69, 9.17) is 5.11 Å². The summed E-state index contributed by atoms with van der Waals surface area (Å²) >= 11 is 4.38. The van der Waals surface area contributed by atoms with Crippen LogP contribution in [0.2, 0.25) is 0 Å². The molecule has 0 unspecified atom stereocenters. The number of pyridine rings is 1. The zero-order valence-corrected chi connectivity index (χ0v) is 12.1. The second-order valence-corrected chi connectivity index (χ2v) is 5.36. The molecule has 0 spiro atoms. The molecule has 2 aromatic rings. The summed E-state index contributed by atoms with van der Waals surface area (Å²) in [7, 11) is 0. The number of halogens is 1. The van der Waals surface area contributed by atoms with Gasteiger partial charge in [-0.25, -0.2) is 14.8 Å². The Morgan fingerprint density at radius 2 is 2.35 bits per heavy atom. The zero-order chi connectivity index (χ0) is 14.7. The third-order valence-electron chi connectivity index (χ3n) is 2.22. The van der Waals surface area contributed by atoms with Gasteiger partial charge in [-0.15, -0.1) is 11.3 Å². The van der Waals surface area contributed by atoms with Crippen LogP contribution in [0.3, 0.4) is 0 Å². The Balaban J connectivity index is 2.06. The van der Waals surface area contributed by atoms with Crippen LogP contribution < -0.4 is 5.32 Å². The monoisotopic (exact) mass is 358 g/mol. The van der Waals surface area contributed by atoms with Crippen molar-refractivity contribution in [2.75, 3.05) is 5.32 Å². The Morgan fingerprint density at radius 1 is 1.60 bits per heavy atom. The van der Waals surface area contributed by atoms with E-state index in [2.05, 4.69) is 31.2 Å². The maximum Gasteiger partial charge on any atom is 0.355 e. The third-order valence-corrected chi connectivity index (χ3v) is 3.67. The highest BCUT2D eigenvalue weighted by Crippen LogP contribution is 2.25. The van der Waals surface area contributed by atoms with Crippen molar-refractivity contribution in [3.63, 3.8) is 0 Å². The molecule has 0 aliphatic heterocycles. The van der Waals surface area contributed by atoms with Gasteiger partial charge in [-0.3, -0.25) is 10.1 Å². The first-order valence-corrected chi connectivity index (χ1v) is 6.86. The van der Waals surface area contributed by atoms with Crippen LogP contribution in [0.1, 0.15) is 15.5 Å². The van der Waals surface area contributed by atoms with Gasteiger partial charge >= 0.3 is 5.97 Å². The van der Waals surface area contributed by atoms with E-state index < -0.39 is 10.9 Å². The predicted octanol–water partition coefficient (Wildman–Crippen LogP) is 2.52. The Bertz CT molecular complexity index is 675. The van der Waals surface area contributed by atoms with E-state index in [9.17, 15) is 14.9 Å². The second-order valence-electron chi connectivity index (χ2n) is 3.57. The molecule has 0 fully saturated rings. The fourth-order valence-corrected chi connectivity index (χ4v) is 2.49. The van der Waals surface area contributed by atoms with Crippen molar-refractivity contribution in [3.8, 4) is 0 Å². The molecule has 0 aliphatic rings. The highest BCUT2D eigenvalue weighted by Gasteiger charge is 2.12. The van der Waals surface area contributed by atoms with Crippen LogP contribution in [0.4, 0.5) is 11.5 Å². The van der Waals surface area contributed by atoms with Crippen molar-refractivity contribution in [2.24, 2.45) is 0 Å². The standard InChI is InChI=1S/C10H7BrN4O4S/c11-6-1-5(15(18)19)2-12-9(6)13-3-8-14-7(4-20-8)10(16)17/h1-2,4H,3H2,(H,12,13)(H,16,17). The van der Waals surface area contributed by atoms with Gasteiger partial charge in [0.2, 0.25) is 0 Å². The molecule has 2 aromatic heterocycles. The summed E-state index contributed by atoms with van der Waals surface area (Å²) in [5.41, 5.74) is -0.132. The molecule has 2 N–H and O–H groups in total. The number of carboxylic acid groups (broad SMARTS) is 1. The number of carbonyl (C=O) groups is 1. The van der Waals surface area contributed by atoms with E-state index in [1.54, 1.807) is 0 Å². The normalized spacial score (nSPS) is 10.2. The molecule has 0 aromatic carbocycles. The minimum Gasteiger partial charge on any atom is -0.476 e. The SMILES string of the molecule is O=C(O)c1csc(CNc2ncc([N+](=O)[O-])cc2Br)n1. The van der Waals surface area contributed by atoms with Gasteiger partial charge in [-0.05, 0) is 15.9 Å². The van der Waals surface area contributed by atoms with E-state index in [1.165, 1.54) is 22.8 Å². The lowest BCUT2D eigenvalue weighted by atomic mass is 10.4. The summed E-state index contributed by atoms with van der Waals surface area (Å²) in [6.07, 6.45) is 1.14. The molecule has 104 valence electrons. The maximum absolute atomic E-state index is 10.7. The molecule has 0 atom stereocenters. The van der Waals surface area contributed by atoms with Gasteiger partial charge in [0.05, 0.1) is 15.9 Å². The summed E-state index contributed by atoms with van der Waals surface area (Å²) in [5, 5.41) is 24.3. The number of thiazole rings is 1. The zero-order valence-electron chi connectivity index (χ0n) is 9.74. The Morgan fingerprint density at radius 3 is 2.90 bits per heavy atom. The lowest BCUT2D eigenvalue weighted by molar-refractivity contribution is -0.385. The minimum atomic E-state index is -1.08. The second kappa shape index (κ2) is 5.92. The number of nitrogens with zero attached hydrogens (tertiary/aromatic N) is 3. The van der Waals surface area contributed by atoms with Crippen molar-refractivity contribution in [1.29, 1.82) is 0 Å². The molecule has 0 saturated carbocycles. The molecule has 2 rings (SSSR count). The lowest BCUT2D eigenvalue weighted by Crippen LogP contribution is -2.03. The fourth-order valence-electron chi connectivity index (χ4n) is 1.31. The number of aromatic carboxylic acids is 1. The Hall–Kier alpha value is -2.07. The van der Waals surface area contributed by atoms with Crippen molar-refractivity contribution in [2.45, 2.75) is 6.54 Å². The van der Waals surface area contributed by atoms with Gasteiger partial charge in [-0.1, -0.05) is 0 Å². The number of rotatable bonds is 5. The summed E-state index contributed by atoms with van der Waals surface area (Å²) in [6.45, 7) is 0.279. The van der Waals surface area contributed by atoms with E-state index in [0.29, 0.717) is 15.3 Å². The molecule has 0 bridgehead atoms. The summed E-state index contributed by atoms with van der Waals surface area (Å²) < 4.78 is 0.446. The first kappa shape index (κ1) is 14.3. The third kappa shape index (κ3) is 3.27. The van der Waals surface area contributed by atoms with Crippen LogP contribution in [0, 0.1) is 10.1 Å². The largest absolute Gasteiger partial charge is 0.476 e. The number of hydrogen-bond acceptors (Lipinski definition) is 7. The first-order valence-electron chi connectivity index (χ1n) is 5.19. The quantitative estimate of drug-likeness (QED) is 0.622. The fraction of sp³-hybridized carbons (Fsp3) is 0.100. The van der Waals surface area contributed by atoms with Crippen molar-refractivity contribution in [1.82, 2.24) is 9.97 Å². The number of hydrogen-bond donors (Lipinski definition) is 2. The highest BCUT2D eigenvalue weighted by molar-refractivity contribution is 9.10.